The van der Waals surface area contributed by atoms with Gasteiger partial charge < -0.3 is 10.1 Å². The second-order valence-corrected chi connectivity index (χ2v) is 6.07. The maximum absolute atomic E-state index is 5.78. The van der Waals surface area contributed by atoms with E-state index in [9.17, 15) is 0 Å². The summed E-state index contributed by atoms with van der Waals surface area (Å²) in [7, 11) is 2.12. The van der Waals surface area contributed by atoms with Crippen LogP contribution in [0.15, 0.2) is 0 Å². The van der Waals surface area contributed by atoms with E-state index in [0.29, 0.717) is 12.1 Å². The van der Waals surface area contributed by atoms with E-state index < -0.39 is 0 Å². The molecule has 1 N–H and O–H groups in total. The van der Waals surface area contributed by atoms with Crippen molar-refractivity contribution in [2.75, 3.05) is 13.7 Å². The Hall–Kier alpha value is -0.120. The number of ether oxygens (including phenoxy) is 1. The first kappa shape index (κ1) is 11.9. The highest BCUT2D eigenvalue weighted by Gasteiger charge is 2.44. The lowest BCUT2D eigenvalue weighted by Gasteiger charge is -2.52. The Balaban J connectivity index is 1.75. The molecule has 3 nitrogen and oxygen atoms in total. The highest BCUT2D eigenvalue weighted by atomic mass is 16.5. The van der Waals surface area contributed by atoms with Gasteiger partial charge in [-0.3, -0.25) is 4.90 Å². The molecule has 0 aliphatic carbocycles. The van der Waals surface area contributed by atoms with Crippen LogP contribution in [0.3, 0.4) is 0 Å². The van der Waals surface area contributed by atoms with Gasteiger partial charge in [0.05, 0.1) is 6.10 Å². The van der Waals surface area contributed by atoms with E-state index in [2.05, 4.69) is 24.2 Å². The Morgan fingerprint density at radius 1 is 1.12 bits per heavy atom. The average Bonchev–Trinajstić information content (AvgIpc) is 2.73. The van der Waals surface area contributed by atoms with E-state index in [1.807, 2.05) is 0 Å². The van der Waals surface area contributed by atoms with Gasteiger partial charge in [-0.2, -0.15) is 0 Å². The number of nitrogens with zero attached hydrogens (tertiary/aromatic N) is 1. The molecule has 3 heterocycles. The normalized spacial score (nSPS) is 47.3. The van der Waals surface area contributed by atoms with E-state index in [4.69, 9.17) is 4.74 Å². The maximum Gasteiger partial charge on any atom is 0.0703 e. The second kappa shape index (κ2) is 4.87. The molecule has 0 aromatic rings. The van der Waals surface area contributed by atoms with Crippen molar-refractivity contribution in [1.82, 2.24) is 10.2 Å². The van der Waals surface area contributed by atoms with Gasteiger partial charge >= 0.3 is 0 Å². The van der Waals surface area contributed by atoms with Crippen LogP contribution in [-0.2, 0) is 4.74 Å². The van der Waals surface area contributed by atoms with Crippen molar-refractivity contribution in [3.63, 3.8) is 0 Å². The minimum atomic E-state index is 0.448. The van der Waals surface area contributed by atoms with Gasteiger partial charge in [0.2, 0.25) is 0 Å². The third kappa shape index (κ3) is 2.13. The molecule has 2 bridgehead atoms. The first-order valence-corrected chi connectivity index (χ1v) is 7.36. The van der Waals surface area contributed by atoms with Crippen LogP contribution in [0.5, 0.6) is 0 Å². The van der Waals surface area contributed by atoms with Crippen molar-refractivity contribution in [2.45, 2.75) is 75.7 Å². The van der Waals surface area contributed by atoms with Gasteiger partial charge in [-0.25, -0.2) is 0 Å². The van der Waals surface area contributed by atoms with Crippen molar-refractivity contribution < 1.29 is 4.74 Å². The summed E-state index contributed by atoms with van der Waals surface area (Å²) in [6.07, 6.45) is 8.62. The van der Waals surface area contributed by atoms with Gasteiger partial charge in [0, 0.05) is 30.8 Å². The number of hydrogen-bond acceptors (Lipinski definition) is 3. The van der Waals surface area contributed by atoms with Crippen molar-refractivity contribution in [2.24, 2.45) is 0 Å². The van der Waals surface area contributed by atoms with Crippen LogP contribution in [-0.4, -0.2) is 48.8 Å². The predicted octanol–water partition coefficient (Wildman–Crippen LogP) is 1.77. The third-order valence-corrected chi connectivity index (χ3v) is 5.16. The molecular formula is C14H26N2O. The van der Waals surface area contributed by atoms with Crippen LogP contribution in [0.1, 0.15) is 45.4 Å². The zero-order valence-corrected chi connectivity index (χ0v) is 11.2. The maximum atomic E-state index is 5.78. The van der Waals surface area contributed by atoms with Gasteiger partial charge in [-0.15, -0.1) is 0 Å². The minimum absolute atomic E-state index is 0.448. The Labute approximate surface area is 105 Å². The topological polar surface area (TPSA) is 24.5 Å². The number of hydrogen-bond donors (Lipinski definition) is 1. The summed E-state index contributed by atoms with van der Waals surface area (Å²) in [5.74, 6) is 0. The third-order valence-electron chi connectivity index (χ3n) is 5.16. The lowest BCUT2D eigenvalue weighted by atomic mass is 9.80. The molecule has 0 radical (unpaired) electrons. The van der Waals surface area contributed by atoms with E-state index >= 15 is 0 Å². The molecule has 0 saturated carbocycles. The molecule has 3 aliphatic heterocycles. The van der Waals surface area contributed by atoms with E-state index in [0.717, 1.165) is 24.7 Å². The van der Waals surface area contributed by atoms with Crippen LogP contribution in [0.4, 0.5) is 0 Å². The molecule has 0 amide bonds. The molecule has 98 valence electrons. The Bertz CT molecular complexity index is 257. The number of rotatable bonds is 2. The molecule has 3 aliphatic rings. The summed E-state index contributed by atoms with van der Waals surface area (Å²) in [5, 5.41) is 3.50. The average molecular weight is 238 g/mol. The van der Waals surface area contributed by atoms with Crippen molar-refractivity contribution in [3.05, 3.63) is 0 Å². The first-order chi connectivity index (χ1) is 8.29. The molecule has 17 heavy (non-hydrogen) atoms. The highest BCUT2D eigenvalue weighted by Crippen LogP contribution is 2.38. The lowest BCUT2D eigenvalue weighted by molar-refractivity contribution is -0.0321. The van der Waals surface area contributed by atoms with Gasteiger partial charge in [0.25, 0.3) is 0 Å². The summed E-state index contributed by atoms with van der Waals surface area (Å²) in [6, 6.07) is 3.07. The summed E-state index contributed by atoms with van der Waals surface area (Å²) in [6.45, 7) is 3.23. The zero-order chi connectivity index (χ0) is 11.8. The van der Waals surface area contributed by atoms with Gasteiger partial charge in [-0.1, -0.05) is 6.42 Å². The molecule has 3 heteroatoms. The van der Waals surface area contributed by atoms with Crippen LogP contribution in [0.25, 0.3) is 0 Å². The number of piperidine rings is 2. The fraction of sp³-hybridized carbons (Fsp3) is 1.00. The smallest absolute Gasteiger partial charge is 0.0703 e. The van der Waals surface area contributed by atoms with Crippen LogP contribution >= 0.6 is 0 Å². The molecular weight excluding hydrogens is 212 g/mol. The second-order valence-electron chi connectivity index (χ2n) is 6.07. The summed E-state index contributed by atoms with van der Waals surface area (Å²) < 4.78 is 5.78. The summed E-state index contributed by atoms with van der Waals surface area (Å²) >= 11 is 0. The SMILES string of the molecule is CNC1CC2CCCC(C1)N2C1CCOC1C. The Kier molecular flexibility index (Phi) is 3.42. The molecule has 0 spiro atoms. The standard InChI is InChI=1S/C14H26N2O/c1-10-14(6-7-17-10)16-12-4-3-5-13(16)9-11(8-12)15-2/h10-15H,3-9H2,1-2H3. The molecule has 3 rings (SSSR count). The number of nitrogens with one attached hydrogen (secondary N) is 1. The van der Waals surface area contributed by atoms with Crippen LogP contribution < -0.4 is 5.32 Å². The van der Waals surface area contributed by atoms with Crippen LogP contribution in [0, 0.1) is 0 Å². The Morgan fingerprint density at radius 3 is 2.35 bits per heavy atom. The molecule has 0 aromatic heterocycles. The quantitative estimate of drug-likeness (QED) is 0.793. The van der Waals surface area contributed by atoms with Crippen molar-refractivity contribution >= 4 is 0 Å². The Morgan fingerprint density at radius 2 is 1.82 bits per heavy atom. The highest BCUT2D eigenvalue weighted by molar-refractivity contribution is 4.99. The summed E-state index contributed by atoms with van der Waals surface area (Å²) in [4.78, 5) is 2.84. The molecule has 3 saturated heterocycles. The van der Waals surface area contributed by atoms with E-state index in [1.54, 1.807) is 0 Å². The summed E-state index contributed by atoms with van der Waals surface area (Å²) in [5.41, 5.74) is 0. The lowest BCUT2D eigenvalue weighted by Crippen LogP contribution is -2.60. The van der Waals surface area contributed by atoms with Crippen LogP contribution in [0.2, 0.25) is 0 Å². The fourth-order valence-corrected chi connectivity index (χ4v) is 4.31. The largest absolute Gasteiger partial charge is 0.377 e. The monoisotopic (exact) mass is 238 g/mol. The predicted molar refractivity (Wildman–Crippen MR) is 69.2 cm³/mol. The molecule has 4 unspecified atom stereocenters. The molecule has 3 fully saturated rings. The molecule has 0 aromatic carbocycles. The molecule has 4 atom stereocenters. The number of fused-ring (bicyclic) bond motifs is 2. The van der Waals surface area contributed by atoms with E-state index in [-0.39, 0.29) is 0 Å². The van der Waals surface area contributed by atoms with E-state index in [1.165, 1.54) is 38.5 Å². The first-order valence-electron chi connectivity index (χ1n) is 7.36. The van der Waals surface area contributed by atoms with Crippen molar-refractivity contribution in [1.29, 1.82) is 0 Å². The van der Waals surface area contributed by atoms with Gasteiger partial charge in [-0.05, 0) is 46.1 Å². The zero-order valence-electron chi connectivity index (χ0n) is 11.2. The van der Waals surface area contributed by atoms with Gasteiger partial charge in [0.1, 0.15) is 0 Å². The minimum Gasteiger partial charge on any atom is -0.377 e. The van der Waals surface area contributed by atoms with Crippen molar-refractivity contribution in [3.8, 4) is 0 Å². The van der Waals surface area contributed by atoms with Gasteiger partial charge in [0.15, 0.2) is 0 Å². The fourth-order valence-electron chi connectivity index (χ4n) is 4.31.